The Kier molecular flexibility index (Phi) is 3.27. The highest BCUT2D eigenvalue weighted by atomic mass is 19.4. The highest BCUT2D eigenvalue weighted by Crippen LogP contribution is 2.34. The lowest BCUT2D eigenvalue weighted by Gasteiger charge is -2.28. The number of piperazine rings is 1. The summed E-state index contributed by atoms with van der Waals surface area (Å²) in [6.07, 6.45) is -4.80. The first-order valence-corrected chi connectivity index (χ1v) is 7.19. The Morgan fingerprint density at radius 1 is 1.12 bits per heavy atom. The van der Waals surface area contributed by atoms with Crippen LogP contribution in [0, 0.1) is 5.82 Å². The lowest BCUT2D eigenvalue weighted by atomic mass is 10.1. The minimum absolute atomic E-state index is 0.0166. The molecule has 1 aliphatic rings. The Balaban J connectivity index is 1.99. The Bertz CT molecular complexity index is 914. The Labute approximate surface area is 132 Å². The molecule has 0 radical (unpaired) electrons. The van der Waals surface area contributed by atoms with Gasteiger partial charge in [-0.3, -0.25) is 0 Å². The van der Waals surface area contributed by atoms with Crippen LogP contribution >= 0.6 is 0 Å². The molecule has 7 nitrogen and oxygen atoms in total. The lowest BCUT2D eigenvalue weighted by Crippen LogP contribution is -2.44. The molecule has 0 unspecified atom stereocenters. The molecule has 0 amide bonds. The summed E-state index contributed by atoms with van der Waals surface area (Å²) in [7, 11) is 0. The van der Waals surface area contributed by atoms with E-state index in [0.29, 0.717) is 38.1 Å². The number of nitrogens with zero attached hydrogens (tertiary/aromatic N) is 6. The van der Waals surface area contributed by atoms with Crippen LogP contribution < -0.4 is 10.2 Å². The molecule has 3 heterocycles. The molecule has 3 aromatic rings. The molecule has 1 N–H and O–H groups in total. The molecule has 0 atom stereocenters. The minimum Gasteiger partial charge on any atom is -0.351 e. The SMILES string of the molecule is Fc1cc2c(cc1C(F)(F)F)nc(N1CCNCC1)c1nnnn12. The minimum atomic E-state index is -4.80. The fourth-order valence-electron chi connectivity index (χ4n) is 2.77. The molecule has 1 aliphatic heterocycles. The van der Waals surface area contributed by atoms with Crippen LogP contribution in [0.5, 0.6) is 0 Å². The first kappa shape index (κ1) is 15.0. The number of benzene rings is 1. The third-order valence-corrected chi connectivity index (χ3v) is 3.91. The molecule has 2 aromatic heterocycles. The normalized spacial score (nSPS) is 16.2. The monoisotopic (exact) mass is 341 g/mol. The zero-order valence-corrected chi connectivity index (χ0v) is 12.2. The van der Waals surface area contributed by atoms with E-state index in [1.807, 2.05) is 4.90 Å². The first-order valence-electron chi connectivity index (χ1n) is 7.19. The van der Waals surface area contributed by atoms with Crippen molar-refractivity contribution in [3.63, 3.8) is 0 Å². The second-order valence-electron chi connectivity index (χ2n) is 5.41. The van der Waals surface area contributed by atoms with Crippen molar-refractivity contribution in [2.45, 2.75) is 6.18 Å². The number of alkyl halides is 3. The van der Waals surface area contributed by atoms with Crippen molar-refractivity contribution in [3.8, 4) is 0 Å². The number of fused-ring (bicyclic) bond motifs is 3. The molecule has 1 fully saturated rings. The number of hydrogen-bond donors (Lipinski definition) is 1. The van der Waals surface area contributed by atoms with E-state index in [-0.39, 0.29) is 16.7 Å². The van der Waals surface area contributed by atoms with Gasteiger partial charge in [-0.1, -0.05) is 0 Å². The van der Waals surface area contributed by atoms with Crippen LogP contribution in [0.25, 0.3) is 16.7 Å². The zero-order chi connectivity index (χ0) is 16.9. The predicted octanol–water partition coefficient (Wildman–Crippen LogP) is 1.24. The van der Waals surface area contributed by atoms with Crippen LogP contribution in [0.2, 0.25) is 0 Å². The van der Waals surface area contributed by atoms with Gasteiger partial charge in [0.1, 0.15) is 5.82 Å². The van der Waals surface area contributed by atoms with Gasteiger partial charge in [-0.25, -0.2) is 9.37 Å². The van der Waals surface area contributed by atoms with Crippen LogP contribution in [0.4, 0.5) is 23.4 Å². The number of anilines is 1. The number of tetrazole rings is 1. The maximum atomic E-state index is 13.9. The number of hydrogen-bond acceptors (Lipinski definition) is 6. The maximum Gasteiger partial charge on any atom is 0.419 e. The highest BCUT2D eigenvalue weighted by Gasteiger charge is 2.35. The molecule has 11 heteroatoms. The maximum absolute atomic E-state index is 13.9. The van der Waals surface area contributed by atoms with E-state index >= 15 is 0 Å². The van der Waals surface area contributed by atoms with Crippen LogP contribution in [-0.2, 0) is 6.18 Å². The van der Waals surface area contributed by atoms with Crippen LogP contribution in [0.3, 0.4) is 0 Å². The summed E-state index contributed by atoms with van der Waals surface area (Å²) in [5.41, 5.74) is -1.01. The second kappa shape index (κ2) is 5.23. The van der Waals surface area contributed by atoms with E-state index in [9.17, 15) is 17.6 Å². The predicted molar refractivity (Wildman–Crippen MR) is 76.1 cm³/mol. The number of rotatable bonds is 1. The Morgan fingerprint density at radius 2 is 1.88 bits per heavy atom. The molecule has 1 saturated heterocycles. The first-order chi connectivity index (χ1) is 11.4. The van der Waals surface area contributed by atoms with E-state index in [1.54, 1.807) is 0 Å². The van der Waals surface area contributed by atoms with Crippen molar-refractivity contribution < 1.29 is 17.6 Å². The van der Waals surface area contributed by atoms with E-state index in [4.69, 9.17) is 0 Å². The van der Waals surface area contributed by atoms with Gasteiger partial charge in [0, 0.05) is 32.2 Å². The molecule has 4 rings (SSSR count). The van der Waals surface area contributed by atoms with E-state index in [1.165, 1.54) is 4.52 Å². The average molecular weight is 341 g/mol. The third kappa shape index (κ3) is 2.31. The quantitative estimate of drug-likeness (QED) is 0.672. The van der Waals surface area contributed by atoms with Crippen molar-refractivity contribution in [1.82, 2.24) is 30.3 Å². The summed E-state index contributed by atoms with van der Waals surface area (Å²) in [5, 5.41) is 14.4. The van der Waals surface area contributed by atoms with Crippen molar-refractivity contribution in [2.24, 2.45) is 0 Å². The smallest absolute Gasteiger partial charge is 0.351 e. The van der Waals surface area contributed by atoms with Gasteiger partial charge in [-0.05, 0) is 16.5 Å². The van der Waals surface area contributed by atoms with Gasteiger partial charge >= 0.3 is 6.18 Å². The van der Waals surface area contributed by atoms with Gasteiger partial charge in [-0.2, -0.15) is 17.7 Å². The van der Waals surface area contributed by atoms with Gasteiger partial charge in [-0.15, -0.1) is 5.10 Å². The van der Waals surface area contributed by atoms with Crippen molar-refractivity contribution in [3.05, 3.63) is 23.5 Å². The van der Waals surface area contributed by atoms with E-state index in [0.717, 1.165) is 6.07 Å². The van der Waals surface area contributed by atoms with Gasteiger partial charge < -0.3 is 10.2 Å². The molecule has 126 valence electrons. The fourth-order valence-corrected chi connectivity index (χ4v) is 2.77. The van der Waals surface area contributed by atoms with Crippen LogP contribution in [0.1, 0.15) is 5.56 Å². The van der Waals surface area contributed by atoms with Gasteiger partial charge in [0.25, 0.3) is 0 Å². The standard InChI is InChI=1S/C13H11F4N7/c14-8-6-10-9(5-7(8)13(15,16)17)19-11(12-20-21-22-24(10)12)23-3-1-18-2-4-23/h5-6,18H,1-4H2. The number of halogens is 4. The summed E-state index contributed by atoms with van der Waals surface area (Å²) in [5.74, 6) is -1.00. The zero-order valence-electron chi connectivity index (χ0n) is 12.2. The van der Waals surface area contributed by atoms with Crippen molar-refractivity contribution in [1.29, 1.82) is 0 Å². The molecule has 0 bridgehead atoms. The van der Waals surface area contributed by atoms with Gasteiger partial charge in [0.15, 0.2) is 5.82 Å². The topological polar surface area (TPSA) is 71.2 Å². The third-order valence-electron chi connectivity index (χ3n) is 3.91. The Morgan fingerprint density at radius 3 is 2.58 bits per heavy atom. The fraction of sp³-hybridized carbons (Fsp3) is 0.385. The summed E-state index contributed by atoms with van der Waals surface area (Å²) in [4.78, 5) is 6.17. The average Bonchev–Trinajstić information content (AvgIpc) is 3.03. The Hall–Kier alpha value is -2.56. The summed E-state index contributed by atoms with van der Waals surface area (Å²) in [6.45, 7) is 2.66. The second-order valence-corrected chi connectivity index (χ2v) is 5.41. The molecule has 24 heavy (non-hydrogen) atoms. The summed E-state index contributed by atoms with van der Waals surface area (Å²) < 4.78 is 53.9. The molecule has 0 saturated carbocycles. The molecule has 0 aliphatic carbocycles. The van der Waals surface area contributed by atoms with Crippen molar-refractivity contribution in [2.75, 3.05) is 31.1 Å². The molecular weight excluding hydrogens is 330 g/mol. The largest absolute Gasteiger partial charge is 0.419 e. The van der Waals surface area contributed by atoms with Crippen molar-refractivity contribution >= 4 is 22.5 Å². The summed E-state index contributed by atoms with van der Waals surface area (Å²) in [6, 6.07) is 1.45. The van der Waals surface area contributed by atoms with Crippen LogP contribution in [-0.4, -0.2) is 51.2 Å². The number of nitrogens with one attached hydrogen (secondary N) is 1. The summed E-state index contributed by atoms with van der Waals surface area (Å²) >= 11 is 0. The lowest BCUT2D eigenvalue weighted by molar-refractivity contribution is -0.139. The molecular formula is C13H11F4N7. The highest BCUT2D eigenvalue weighted by molar-refractivity contribution is 5.83. The van der Waals surface area contributed by atoms with Gasteiger partial charge in [0.05, 0.1) is 16.6 Å². The van der Waals surface area contributed by atoms with E-state index < -0.39 is 17.6 Å². The van der Waals surface area contributed by atoms with Gasteiger partial charge in [0.2, 0.25) is 5.65 Å². The molecule has 0 spiro atoms. The molecule has 1 aromatic carbocycles. The van der Waals surface area contributed by atoms with E-state index in [2.05, 4.69) is 25.8 Å². The number of aromatic nitrogens is 5. The van der Waals surface area contributed by atoms with Crippen LogP contribution in [0.15, 0.2) is 12.1 Å².